The van der Waals surface area contributed by atoms with Crippen molar-refractivity contribution in [1.29, 1.82) is 0 Å². The number of esters is 1. The number of nitrogens with zero attached hydrogens (tertiary/aromatic N) is 2. The molecule has 138 valence electrons. The van der Waals surface area contributed by atoms with Crippen molar-refractivity contribution in [3.63, 3.8) is 0 Å². The number of aromatic amines is 1. The zero-order valence-corrected chi connectivity index (χ0v) is 14.4. The number of carbonyl (C=O) groups excluding carboxylic acids is 1. The molecule has 2 aromatic rings. The van der Waals surface area contributed by atoms with Gasteiger partial charge in [-0.1, -0.05) is 0 Å². The van der Waals surface area contributed by atoms with E-state index in [2.05, 4.69) is 20.1 Å². The maximum Gasteiger partial charge on any atom is 0.344 e. The smallest absolute Gasteiger partial charge is 0.344 e. The first-order valence-corrected chi connectivity index (χ1v) is 7.76. The Labute approximate surface area is 148 Å². The Morgan fingerprint density at radius 2 is 2.12 bits per heavy atom. The third-order valence-corrected chi connectivity index (χ3v) is 4.13. The number of H-pyrrole nitrogens is 1. The van der Waals surface area contributed by atoms with Crippen molar-refractivity contribution in [3.8, 4) is 0 Å². The van der Waals surface area contributed by atoms with Crippen LogP contribution in [0.15, 0.2) is 10.9 Å². The standard InChI is InChI=1S/C15H18F2N4O3.ClH/c1-8-13(15(23)24-7-11(16)17)14-19-12(22)6-10(21(14)20-8)9-2-4-18-5-3-9;/h6,9,11,18H,2-5,7H2,1H3,(H,19,22);1H. The van der Waals surface area contributed by atoms with Gasteiger partial charge >= 0.3 is 5.97 Å². The molecule has 3 rings (SSSR count). The van der Waals surface area contributed by atoms with Crippen LogP contribution >= 0.6 is 12.4 Å². The lowest BCUT2D eigenvalue weighted by atomic mass is 9.94. The second kappa shape index (κ2) is 7.92. The molecular weight excluding hydrogens is 358 g/mol. The van der Waals surface area contributed by atoms with Crippen LogP contribution < -0.4 is 10.9 Å². The predicted molar refractivity (Wildman–Crippen MR) is 88.9 cm³/mol. The topological polar surface area (TPSA) is 88.5 Å². The summed E-state index contributed by atoms with van der Waals surface area (Å²) in [6, 6.07) is 1.48. The van der Waals surface area contributed by atoms with Crippen LogP contribution in [-0.4, -0.2) is 46.7 Å². The Morgan fingerprint density at radius 1 is 1.44 bits per heavy atom. The van der Waals surface area contributed by atoms with Crippen molar-refractivity contribution < 1.29 is 18.3 Å². The lowest BCUT2D eigenvalue weighted by Gasteiger charge is -2.23. The van der Waals surface area contributed by atoms with E-state index in [-0.39, 0.29) is 35.1 Å². The van der Waals surface area contributed by atoms with Crippen molar-refractivity contribution >= 4 is 24.0 Å². The molecule has 2 N–H and O–H groups in total. The molecule has 1 aliphatic heterocycles. The molecular formula is C15H19ClF2N4O3. The molecule has 0 aliphatic carbocycles. The number of alkyl halides is 2. The molecule has 10 heteroatoms. The monoisotopic (exact) mass is 376 g/mol. The fraction of sp³-hybridized carbons (Fsp3) is 0.533. The largest absolute Gasteiger partial charge is 0.456 e. The summed E-state index contributed by atoms with van der Waals surface area (Å²) < 4.78 is 30.6. The van der Waals surface area contributed by atoms with Gasteiger partial charge in [0.2, 0.25) is 0 Å². The maximum absolute atomic E-state index is 12.3. The minimum atomic E-state index is -2.75. The normalized spacial score (nSPS) is 15.4. The first-order chi connectivity index (χ1) is 11.5. The van der Waals surface area contributed by atoms with Crippen LogP contribution in [0.1, 0.15) is 40.5 Å². The van der Waals surface area contributed by atoms with Crippen LogP contribution in [0.2, 0.25) is 0 Å². The lowest BCUT2D eigenvalue weighted by molar-refractivity contribution is 0.0161. The number of carbonyl (C=O) groups is 1. The molecule has 0 atom stereocenters. The molecule has 1 saturated heterocycles. The molecule has 1 fully saturated rings. The van der Waals surface area contributed by atoms with E-state index in [1.807, 2.05) is 0 Å². The second-order valence-electron chi connectivity index (χ2n) is 5.79. The van der Waals surface area contributed by atoms with Crippen molar-refractivity contribution in [2.24, 2.45) is 0 Å². The highest BCUT2D eigenvalue weighted by molar-refractivity contribution is 5.97. The number of fused-ring (bicyclic) bond motifs is 1. The highest BCUT2D eigenvalue weighted by Crippen LogP contribution is 2.26. The summed E-state index contributed by atoms with van der Waals surface area (Å²) in [5.74, 6) is -0.777. The van der Waals surface area contributed by atoms with E-state index in [9.17, 15) is 18.4 Å². The molecule has 3 heterocycles. The third kappa shape index (κ3) is 3.98. The average Bonchev–Trinajstić information content (AvgIpc) is 2.88. The van der Waals surface area contributed by atoms with Crippen LogP contribution in [-0.2, 0) is 4.74 Å². The molecule has 2 aromatic heterocycles. The van der Waals surface area contributed by atoms with Gasteiger partial charge in [-0.15, -0.1) is 12.4 Å². The van der Waals surface area contributed by atoms with Crippen molar-refractivity contribution in [2.45, 2.75) is 32.1 Å². The molecule has 0 bridgehead atoms. The number of ether oxygens (including phenoxy) is 1. The highest BCUT2D eigenvalue weighted by Gasteiger charge is 2.25. The van der Waals surface area contributed by atoms with E-state index in [0.717, 1.165) is 25.9 Å². The first kappa shape index (κ1) is 19.3. The van der Waals surface area contributed by atoms with Gasteiger partial charge in [0.1, 0.15) is 5.56 Å². The summed E-state index contributed by atoms with van der Waals surface area (Å²) in [5, 5.41) is 7.56. The zero-order valence-electron chi connectivity index (χ0n) is 13.6. The Morgan fingerprint density at radius 3 is 2.76 bits per heavy atom. The van der Waals surface area contributed by atoms with Crippen molar-refractivity contribution in [1.82, 2.24) is 19.9 Å². The van der Waals surface area contributed by atoms with E-state index in [0.29, 0.717) is 11.4 Å². The minimum absolute atomic E-state index is 0. The minimum Gasteiger partial charge on any atom is -0.456 e. The fourth-order valence-corrected chi connectivity index (χ4v) is 3.04. The molecule has 25 heavy (non-hydrogen) atoms. The molecule has 7 nitrogen and oxygen atoms in total. The summed E-state index contributed by atoms with van der Waals surface area (Å²) in [4.78, 5) is 26.7. The summed E-state index contributed by atoms with van der Waals surface area (Å²) in [5.41, 5.74) is 0.882. The fourth-order valence-electron chi connectivity index (χ4n) is 3.04. The third-order valence-electron chi connectivity index (χ3n) is 4.13. The summed E-state index contributed by atoms with van der Waals surface area (Å²) in [6.07, 6.45) is -1.05. The number of nitrogens with one attached hydrogen (secondary N) is 2. The van der Waals surface area contributed by atoms with Gasteiger partial charge in [0.05, 0.1) is 11.4 Å². The number of hydrogen-bond acceptors (Lipinski definition) is 5. The van der Waals surface area contributed by atoms with E-state index in [1.165, 1.54) is 10.6 Å². The Balaban J connectivity index is 0.00000225. The number of halogens is 3. The number of rotatable bonds is 4. The van der Waals surface area contributed by atoms with E-state index in [4.69, 9.17) is 0 Å². The van der Waals surface area contributed by atoms with Gasteiger partial charge in [-0.05, 0) is 32.9 Å². The Bertz CT molecular complexity index is 815. The van der Waals surface area contributed by atoms with Gasteiger partial charge in [0, 0.05) is 12.0 Å². The lowest BCUT2D eigenvalue weighted by Crippen LogP contribution is -2.28. The van der Waals surface area contributed by atoms with Gasteiger partial charge in [-0.3, -0.25) is 4.79 Å². The van der Waals surface area contributed by atoms with Crippen LogP contribution in [0.3, 0.4) is 0 Å². The Hall–Kier alpha value is -2.00. The van der Waals surface area contributed by atoms with Crippen LogP contribution in [0, 0.1) is 6.92 Å². The molecule has 0 radical (unpaired) electrons. The number of piperidine rings is 1. The van der Waals surface area contributed by atoms with E-state index >= 15 is 0 Å². The molecule has 0 unspecified atom stereocenters. The maximum atomic E-state index is 12.3. The second-order valence-corrected chi connectivity index (χ2v) is 5.79. The predicted octanol–water partition coefficient (Wildman–Crippen LogP) is 1.64. The average molecular weight is 377 g/mol. The molecule has 0 saturated carbocycles. The van der Waals surface area contributed by atoms with Gasteiger partial charge in [0.15, 0.2) is 12.3 Å². The first-order valence-electron chi connectivity index (χ1n) is 7.76. The number of hydrogen-bond donors (Lipinski definition) is 2. The molecule has 0 spiro atoms. The van der Waals surface area contributed by atoms with Gasteiger partial charge in [-0.2, -0.15) is 5.10 Å². The van der Waals surface area contributed by atoms with Crippen molar-refractivity contribution in [3.05, 3.63) is 33.4 Å². The van der Waals surface area contributed by atoms with Gasteiger partial charge < -0.3 is 15.0 Å². The van der Waals surface area contributed by atoms with Gasteiger partial charge in [-0.25, -0.2) is 18.1 Å². The molecule has 0 aromatic carbocycles. The summed E-state index contributed by atoms with van der Waals surface area (Å²) >= 11 is 0. The van der Waals surface area contributed by atoms with E-state index < -0.39 is 19.0 Å². The quantitative estimate of drug-likeness (QED) is 0.792. The highest BCUT2D eigenvalue weighted by atomic mass is 35.5. The van der Waals surface area contributed by atoms with Crippen LogP contribution in [0.4, 0.5) is 8.78 Å². The SMILES string of the molecule is Cc1nn2c(C3CCNCC3)cc(=O)[nH]c2c1C(=O)OCC(F)F.Cl. The van der Waals surface area contributed by atoms with E-state index in [1.54, 1.807) is 6.92 Å². The van der Waals surface area contributed by atoms with Gasteiger partial charge in [0.25, 0.3) is 12.0 Å². The zero-order chi connectivity index (χ0) is 17.3. The summed E-state index contributed by atoms with van der Waals surface area (Å²) in [7, 11) is 0. The molecule has 1 aliphatic rings. The summed E-state index contributed by atoms with van der Waals surface area (Å²) in [6.45, 7) is 2.26. The molecule has 0 amide bonds. The van der Waals surface area contributed by atoms with Crippen molar-refractivity contribution in [2.75, 3.05) is 19.7 Å². The number of aryl methyl sites for hydroxylation is 1. The number of aromatic nitrogens is 3. The van der Waals surface area contributed by atoms with Crippen LogP contribution in [0.25, 0.3) is 5.65 Å². The Kier molecular flexibility index (Phi) is 6.12. The van der Waals surface area contributed by atoms with Crippen LogP contribution in [0.5, 0.6) is 0 Å².